The van der Waals surface area contributed by atoms with E-state index in [1.807, 2.05) is 0 Å². The SMILES string of the molecule is COCCNC(=O)C1(C(=O)Nc2c(F)cccc2F)CC1. The molecule has 2 amide bonds. The predicted molar refractivity (Wildman–Crippen MR) is 71.5 cm³/mol. The van der Waals surface area contributed by atoms with Gasteiger partial charge in [0, 0.05) is 13.7 Å². The zero-order valence-corrected chi connectivity index (χ0v) is 11.5. The number of hydrogen-bond donors (Lipinski definition) is 2. The Balaban J connectivity index is 2.04. The highest BCUT2D eigenvalue weighted by atomic mass is 19.1. The van der Waals surface area contributed by atoms with Gasteiger partial charge in [-0.15, -0.1) is 0 Å². The molecular formula is C14H16F2N2O3. The molecule has 1 aliphatic carbocycles. The number of methoxy groups -OCH3 is 1. The molecular weight excluding hydrogens is 282 g/mol. The van der Waals surface area contributed by atoms with Crippen molar-refractivity contribution in [2.75, 3.05) is 25.6 Å². The second-order valence-electron chi connectivity index (χ2n) is 4.88. The van der Waals surface area contributed by atoms with E-state index in [9.17, 15) is 18.4 Å². The molecule has 1 fully saturated rings. The lowest BCUT2D eigenvalue weighted by Crippen LogP contribution is -2.41. The number of ether oxygens (including phenoxy) is 1. The maximum atomic E-state index is 13.5. The summed E-state index contributed by atoms with van der Waals surface area (Å²) in [5, 5.41) is 4.74. The minimum Gasteiger partial charge on any atom is -0.383 e. The van der Waals surface area contributed by atoms with E-state index in [4.69, 9.17) is 4.74 Å². The Hall–Kier alpha value is -2.02. The van der Waals surface area contributed by atoms with E-state index < -0.39 is 34.6 Å². The van der Waals surface area contributed by atoms with Crippen LogP contribution in [0.1, 0.15) is 12.8 Å². The minimum atomic E-state index is -1.23. The van der Waals surface area contributed by atoms with Gasteiger partial charge in [0.05, 0.1) is 6.61 Å². The van der Waals surface area contributed by atoms with Crippen LogP contribution in [0.2, 0.25) is 0 Å². The number of anilines is 1. The van der Waals surface area contributed by atoms with Crippen molar-refractivity contribution in [1.82, 2.24) is 5.32 Å². The lowest BCUT2D eigenvalue weighted by molar-refractivity contribution is -0.134. The molecule has 2 N–H and O–H groups in total. The molecule has 0 unspecified atom stereocenters. The molecule has 0 aromatic heterocycles. The van der Waals surface area contributed by atoms with Gasteiger partial charge in [-0.05, 0) is 25.0 Å². The normalized spacial score (nSPS) is 15.4. The minimum absolute atomic E-state index is 0.276. The summed E-state index contributed by atoms with van der Waals surface area (Å²) in [5.74, 6) is -2.90. The highest BCUT2D eigenvalue weighted by Gasteiger charge is 2.56. The first-order chi connectivity index (χ1) is 10.0. The number of halogens is 2. The van der Waals surface area contributed by atoms with Crippen LogP contribution >= 0.6 is 0 Å². The first-order valence-corrected chi connectivity index (χ1v) is 6.54. The zero-order valence-electron chi connectivity index (χ0n) is 11.5. The molecule has 0 radical (unpaired) electrons. The van der Waals surface area contributed by atoms with Crippen LogP contribution < -0.4 is 10.6 Å². The molecule has 0 spiro atoms. The average molecular weight is 298 g/mol. The molecule has 0 aliphatic heterocycles. The fourth-order valence-electron chi connectivity index (χ4n) is 1.97. The Bertz CT molecular complexity index is 539. The van der Waals surface area contributed by atoms with Crippen molar-refractivity contribution in [2.45, 2.75) is 12.8 Å². The Morgan fingerprint density at radius 3 is 2.38 bits per heavy atom. The van der Waals surface area contributed by atoms with Crippen LogP contribution in [0, 0.1) is 17.0 Å². The first kappa shape index (κ1) is 15.4. The van der Waals surface area contributed by atoms with Crippen molar-refractivity contribution in [2.24, 2.45) is 5.41 Å². The van der Waals surface area contributed by atoms with E-state index in [1.54, 1.807) is 0 Å². The number of rotatable bonds is 6. The Kier molecular flexibility index (Phi) is 4.52. The van der Waals surface area contributed by atoms with Crippen LogP contribution in [-0.2, 0) is 14.3 Å². The maximum absolute atomic E-state index is 13.5. The van der Waals surface area contributed by atoms with Crippen LogP contribution in [0.15, 0.2) is 18.2 Å². The maximum Gasteiger partial charge on any atom is 0.240 e. The quantitative estimate of drug-likeness (QED) is 0.617. The van der Waals surface area contributed by atoms with E-state index in [-0.39, 0.29) is 6.54 Å². The van der Waals surface area contributed by atoms with Crippen LogP contribution in [-0.4, -0.2) is 32.1 Å². The van der Waals surface area contributed by atoms with Crippen molar-refractivity contribution < 1.29 is 23.1 Å². The molecule has 114 valence electrons. The first-order valence-electron chi connectivity index (χ1n) is 6.54. The molecule has 1 aliphatic rings. The second kappa shape index (κ2) is 6.17. The summed E-state index contributed by atoms with van der Waals surface area (Å²) in [6.45, 7) is 0.601. The van der Waals surface area contributed by atoms with Gasteiger partial charge in [-0.1, -0.05) is 6.07 Å². The lowest BCUT2D eigenvalue weighted by atomic mass is 10.0. The van der Waals surface area contributed by atoms with Gasteiger partial charge in [0.1, 0.15) is 22.7 Å². The predicted octanol–water partition coefficient (Wildman–Crippen LogP) is 1.45. The molecule has 0 atom stereocenters. The van der Waals surface area contributed by atoms with E-state index in [1.165, 1.54) is 13.2 Å². The van der Waals surface area contributed by atoms with E-state index >= 15 is 0 Å². The van der Waals surface area contributed by atoms with Gasteiger partial charge in [-0.3, -0.25) is 9.59 Å². The number of benzene rings is 1. The van der Waals surface area contributed by atoms with Gasteiger partial charge in [0.2, 0.25) is 11.8 Å². The average Bonchev–Trinajstić information content (AvgIpc) is 3.24. The van der Waals surface area contributed by atoms with Gasteiger partial charge in [-0.2, -0.15) is 0 Å². The van der Waals surface area contributed by atoms with Gasteiger partial charge < -0.3 is 15.4 Å². The van der Waals surface area contributed by atoms with Crippen LogP contribution in [0.4, 0.5) is 14.5 Å². The standard InChI is InChI=1S/C14H16F2N2O3/c1-21-8-7-17-12(19)14(5-6-14)13(20)18-11-9(15)3-2-4-10(11)16/h2-4H,5-8H2,1H3,(H,17,19)(H,18,20). The Labute approximate surface area is 120 Å². The third-order valence-electron chi connectivity index (χ3n) is 3.41. The molecule has 1 aromatic carbocycles. The third-order valence-corrected chi connectivity index (χ3v) is 3.41. The second-order valence-corrected chi connectivity index (χ2v) is 4.88. The number of carbonyl (C=O) groups excluding carboxylic acids is 2. The summed E-state index contributed by atoms with van der Waals surface area (Å²) in [4.78, 5) is 24.1. The summed E-state index contributed by atoms with van der Waals surface area (Å²) >= 11 is 0. The molecule has 21 heavy (non-hydrogen) atoms. The van der Waals surface area contributed by atoms with Crippen molar-refractivity contribution in [3.63, 3.8) is 0 Å². The van der Waals surface area contributed by atoms with Crippen LogP contribution in [0.3, 0.4) is 0 Å². The Morgan fingerprint density at radius 1 is 1.24 bits per heavy atom. The van der Waals surface area contributed by atoms with Crippen LogP contribution in [0.5, 0.6) is 0 Å². The van der Waals surface area contributed by atoms with Crippen molar-refractivity contribution in [3.05, 3.63) is 29.8 Å². The molecule has 7 heteroatoms. The highest BCUT2D eigenvalue weighted by Crippen LogP contribution is 2.47. The topological polar surface area (TPSA) is 67.4 Å². The zero-order chi connectivity index (χ0) is 15.5. The van der Waals surface area contributed by atoms with E-state index in [2.05, 4.69) is 10.6 Å². The number of hydrogen-bond acceptors (Lipinski definition) is 3. The van der Waals surface area contributed by atoms with Gasteiger partial charge >= 0.3 is 0 Å². The summed E-state index contributed by atoms with van der Waals surface area (Å²) in [6, 6.07) is 3.28. The Morgan fingerprint density at radius 2 is 1.86 bits per heavy atom. The van der Waals surface area contributed by atoms with Crippen LogP contribution in [0.25, 0.3) is 0 Å². The highest BCUT2D eigenvalue weighted by molar-refractivity contribution is 6.13. The largest absolute Gasteiger partial charge is 0.383 e. The molecule has 0 heterocycles. The smallest absolute Gasteiger partial charge is 0.240 e. The van der Waals surface area contributed by atoms with Crippen molar-refractivity contribution in [3.8, 4) is 0 Å². The number of nitrogens with one attached hydrogen (secondary N) is 2. The fraction of sp³-hybridized carbons (Fsp3) is 0.429. The molecule has 0 bridgehead atoms. The van der Waals surface area contributed by atoms with Gasteiger partial charge in [0.25, 0.3) is 0 Å². The van der Waals surface area contributed by atoms with Gasteiger partial charge in [0.15, 0.2) is 0 Å². The summed E-state index contributed by atoms with van der Waals surface area (Å²) in [5.41, 5.74) is -1.76. The molecule has 2 rings (SSSR count). The fourth-order valence-corrected chi connectivity index (χ4v) is 1.97. The van der Waals surface area contributed by atoms with E-state index in [0.717, 1.165) is 12.1 Å². The summed E-state index contributed by atoms with van der Waals surface area (Å²) in [6.07, 6.45) is 0.710. The summed E-state index contributed by atoms with van der Waals surface area (Å²) in [7, 11) is 1.49. The number of amides is 2. The summed E-state index contributed by atoms with van der Waals surface area (Å²) < 4.78 is 31.8. The monoisotopic (exact) mass is 298 g/mol. The molecule has 0 saturated heterocycles. The van der Waals surface area contributed by atoms with Crippen molar-refractivity contribution in [1.29, 1.82) is 0 Å². The third kappa shape index (κ3) is 3.18. The number of para-hydroxylation sites is 1. The lowest BCUT2D eigenvalue weighted by Gasteiger charge is -2.16. The van der Waals surface area contributed by atoms with Gasteiger partial charge in [-0.25, -0.2) is 8.78 Å². The molecule has 1 saturated carbocycles. The van der Waals surface area contributed by atoms with E-state index in [0.29, 0.717) is 19.4 Å². The van der Waals surface area contributed by atoms with Crippen molar-refractivity contribution >= 4 is 17.5 Å². The molecule has 5 nitrogen and oxygen atoms in total. The number of carbonyl (C=O) groups is 2. The molecule has 1 aromatic rings.